The van der Waals surface area contributed by atoms with Gasteiger partial charge in [-0.05, 0) is 18.6 Å². The van der Waals surface area contributed by atoms with Gasteiger partial charge in [-0.2, -0.15) is 0 Å². The van der Waals surface area contributed by atoms with Gasteiger partial charge in [0.05, 0.1) is 10.2 Å². The Hall–Kier alpha value is -1.92. The standard InChI is InChI=1S/C13H13N3O2S/c17-7-3-6-14-12(18)9-8-16-10-4-1-2-5-11(10)19-13(16)15-9/h1-2,4-5,8,17H,3,6-7H2,(H,14,18). The molecule has 0 saturated carbocycles. The Morgan fingerprint density at radius 2 is 2.26 bits per heavy atom. The first-order valence-electron chi connectivity index (χ1n) is 6.05. The smallest absolute Gasteiger partial charge is 0.271 e. The number of carbonyl (C=O) groups is 1. The molecule has 0 radical (unpaired) electrons. The van der Waals surface area contributed by atoms with E-state index in [9.17, 15) is 4.79 Å². The summed E-state index contributed by atoms with van der Waals surface area (Å²) in [5, 5.41) is 11.4. The van der Waals surface area contributed by atoms with Crippen molar-refractivity contribution in [2.75, 3.05) is 13.2 Å². The van der Waals surface area contributed by atoms with Gasteiger partial charge in [0.25, 0.3) is 5.91 Å². The van der Waals surface area contributed by atoms with E-state index in [2.05, 4.69) is 10.3 Å². The van der Waals surface area contributed by atoms with Crippen molar-refractivity contribution in [2.45, 2.75) is 6.42 Å². The van der Waals surface area contributed by atoms with Crippen molar-refractivity contribution in [3.63, 3.8) is 0 Å². The second-order valence-corrected chi connectivity index (χ2v) is 5.19. The summed E-state index contributed by atoms with van der Waals surface area (Å²) >= 11 is 1.56. The Morgan fingerprint density at radius 1 is 1.42 bits per heavy atom. The molecular weight excluding hydrogens is 262 g/mol. The summed E-state index contributed by atoms with van der Waals surface area (Å²) < 4.78 is 3.08. The Labute approximate surface area is 113 Å². The van der Waals surface area contributed by atoms with Crippen LogP contribution in [-0.2, 0) is 0 Å². The molecule has 6 heteroatoms. The molecule has 0 atom stereocenters. The molecule has 2 aromatic heterocycles. The zero-order valence-electron chi connectivity index (χ0n) is 10.2. The Morgan fingerprint density at radius 3 is 3.11 bits per heavy atom. The van der Waals surface area contributed by atoms with Crippen LogP contribution >= 0.6 is 11.3 Å². The monoisotopic (exact) mass is 275 g/mol. The van der Waals surface area contributed by atoms with Crippen LogP contribution in [0.2, 0.25) is 0 Å². The van der Waals surface area contributed by atoms with E-state index in [4.69, 9.17) is 5.11 Å². The average Bonchev–Trinajstić information content (AvgIpc) is 2.96. The highest BCUT2D eigenvalue weighted by Gasteiger charge is 2.13. The van der Waals surface area contributed by atoms with E-state index in [0.717, 1.165) is 15.2 Å². The molecule has 0 fully saturated rings. The molecule has 1 aromatic carbocycles. The van der Waals surface area contributed by atoms with Gasteiger partial charge in [-0.1, -0.05) is 23.5 Å². The van der Waals surface area contributed by atoms with E-state index in [1.54, 1.807) is 17.5 Å². The zero-order chi connectivity index (χ0) is 13.2. The number of benzene rings is 1. The summed E-state index contributed by atoms with van der Waals surface area (Å²) in [5.74, 6) is -0.201. The highest BCUT2D eigenvalue weighted by molar-refractivity contribution is 7.23. The van der Waals surface area contributed by atoms with Gasteiger partial charge in [-0.25, -0.2) is 4.98 Å². The van der Waals surface area contributed by atoms with Gasteiger partial charge >= 0.3 is 0 Å². The number of para-hydroxylation sites is 1. The molecule has 0 bridgehead atoms. The van der Waals surface area contributed by atoms with Crippen LogP contribution in [0, 0.1) is 0 Å². The van der Waals surface area contributed by atoms with Crippen LogP contribution in [0.5, 0.6) is 0 Å². The molecule has 3 rings (SSSR count). The second-order valence-electron chi connectivity index (χ2n) is 4.18. The number of aliphatic hydroxyl groups is 1. The maximum Gasteiger partial charge on any atom is 0.271 e. The predicted octanol–water partition coefficient (Wildman–Crippen LogP) is 1.66. The van der Waals surface area contributed by atoms with Gasteiger partial charge in [-0.3, -0.25) is 9.20 Å². The summed E-state index contributed by atoms with van der Waals surface area (Å²) in [6.45, 7) is 0.532. The van der Waals surface area contributed by atoms with Crippen LogP contribution in [0.4, 0.5) is 0 Å². The first kappa shape index (κ1) is 12.1. The van der Waals surface area contributed by atoms with Crippen LogP contribution < -0.4 is 5.32 Å². The maximum atomic E-state index is 11.9. The zero-order valence-corrected chi connectivity index (χ0v) is 11.0. The van der Waals surface area contributed by atoms with Gasteiger partial charge < -0.3 is 10.4 Å². The molecule has 0 spiro atoms. The van der Waals surface area contributed by atoms with Crippen LogP contribution in [0.1, 0.15) is 16.9 Å². The topological polar surface area (TPSA) is 66.6 Å². The van der Waals surface area contributed by atoms with Crippen LogP contribution in [0.15, 0.2) is 30.5 Å². The normalized spacial score (nSPS) is 11.2. The molecule has 0 aliphatic carbocycles. The Kier molecular flexibility index (Phi) is 3.18. The third-order valence-corrected chi connectivity index (χ3v) is 3.89. The van der Waals surface area contributed by atoms with Gasteiger partial charge in [0.2, 0.25) is 0 Å². The van der Waals surface area contributed by atoms with Crippen LogP contribution in [0.3, 0.4) is 0 Å². The molecular formula is C13H13N3O2S. The van der Waals surface area contributed by atoms with Crippen molar-refractivity contribution in [1.82, 2.24) is 14.7 Å². The van der Waals surface area contributed by atoms with Gasteiger partial charge in [0.1, 0.15) is 5.69 Å². The minimum atomic E-state index is -0.201. The second kappa shape index (κ2) is 4.99. The first-order chi connectivity index (χ1) is 9.29. The summed E-state index contributed by atoms with van der Waals surface area (Å²) in [7, 11) is 0. The molecule has 0 saturated heterocycles. The summed E-state index contributed by atoms with van der Waals surface area (Å²) in [4.78, 5) is 17.0. The van der Waals surface area contributed by atoms with E-state index in [0.29, 0.717) is 18.7 Å². The molecule has 1 amide bonds. The van der Waals surface area contributed by atoms with Crippen molar-refractivity contribution < 1.29 is 9.90 Å². The van der Waals surface area contributed by atoms with Gasteiger partial charge in [-0.15, -0.1) is 0 Å². The third-order valence-electron chi connectivity index (χ3n) is 2.85. The fourth-order valence-corrected chi connectivity index (χ4v) is 2.94. The lowest BCUT2D eigenvalue weighted by Crippen LogP contribution is -2.25. The van der Waals surface area contributed by atoms with Gasteiger partial charge in [0, 0.05) is 19.3 Å². The van der Waals surface area contributed by atoms with Crippen molar-refractivity contribution in [2.24, 2.45) is 0 Å². The highest BCUT2D eigenvalue weighted by Crippen LogP contribution is 2.25. The lowest BCUT2D eigenvalue weighted by Gasteiger charge is -1.99. The minimum Gasteiger partial charge on any atom is -0.396 e. The predicted molar refractivity (Wildman–Crippen MR) is 74.6 cm³/mol. The number of nitrogens with one attached hydrogen (secondary N) is 1. The number of carbonyl (C=O) groups excluding carboxylic acids is 1. The maximum absolute atomic E-state index is 11.9. The molecule has 98 valence electrons. The van der Waals surface area contributed by atoms with Crippen LogP contribution in [0.25, 0.3) is 15.2 Å². The molecule has 2 heterocycles. The molecule has 3 aromatic rings. The fourth-order valence-electron chi connectivity index (χ4n) is 1.93. The van der Waals surface area contributed by atoms with E-state index in [-0.39, 0.29) is 12.5 Å². The van der Waals surface area contributed by atoms with Crippen molar-refractivity contribution in [3.05, 3.63) is 36.2 Å². The number of thiazole rings is 1. The summed E-state index contributed by atoms with van der Waals surface area (Å²) in [5.41, 5.74) is 1.47. The number of nitrogens with zero attached hydrogens (tertiary/aromatic N) is 2. The number of rotatable bonds is 4. The van der Waals surface area contributed by atoms with E-state index < -0.39 is 0 Å². The van der Waals surface area contributed by atoms with Gasteiger partial charge in [0.15, 0.2) is 4.96 Å². The average molecular weight is 275 g/mol. The number of hydrogen-bond donors (Lipinski definition) is 2. The summed E-state index contributed by atoms with van der Waals surface area (Å²) in [6, 6.07) is 8.00. The number of aromatic nitrogens is 2. The van der Waals surface area contributed by atoms with Crippen molar-refractivity contribution >= 4 is 32.4 Å². The molecule has 0 unspecified atom stereocenters. The number of hydrogen-bond acceptors (Lipinski definition) is 4. The highest BCUT2D eigenvalue weighted by atomic mass is 32.1. The van der Waals surface area contributed by atoms with Crippen molar-refractivity contribution in [1.29, 1.82) is 0 Å². The SMILES string of the molecule is O=C(NCCCO)c1cn2c(n1)sc1ccccc12. The van der Waals surface area contributed by atoms with Crippen LogP contribution in [-0.4, -0.2) is 33.6 Å². The van der Waals surface area contributed by atoms with E-state index >= 15 is 0 Å². The molecule has 2 N–H and O–H groups in total. The Balaban J connectivity index is 1.91. The number of imidazole rings is 1. The lowest BCUT2D eigenvalue weighted by atomic mass is 10.3. The summed E-state index contributed by atoms with van der Waals surface area (Å²) in [6.07, 6.45) is 2.30. The van der Waals surface area contributed by atoms with E-state index in [1.165, 1.54) is 0 Å². The van der Waals surface area contributed by atoms with E-state index in [1.807, 2.05) is 28.7 Å². The quantitative estimate of drug-likeness (QED) is 0.712. The molecule has 19 heavy (non-hydrogen) atoms. The Bertz CT molecular complexity index is 732. The number of aliphatic hydroxyl groups excluding tert-OH is 1. The molecule has 0 aliphatic rings. The minimum absolute atomic E-state index is 0.0726. The number of amides is 1. The largest absolute Gasteiger partial charge is 0.396 e. The fraction of sp³-hybridized carbons (Fsp3) is 0.231. The molecule has 0 aliphatic heterocycles. The van der Waals surface area contributed by atoms with Crippen molar-refractivity contribution in [3.8, 4) is 0 Å². The lowest BCUT2D eigenvalue weighted by molar-refractivity contribution is 0.0947. The first-order valence-corrected chi connectivity index (χ1v) is 6.87. The molecule has 5 nitrogen and oxygen atoms in total. The third kappa shape index (κ3) is 2.20. The number of fused-ring (bicyclic) bond motifs is 3.